The van der Waals surface area contributed by atoms with E-state index in [1.54, 1.807) is 19.1 Å². The van der Waals surface area contributed by atoms with Crippen molar-refractivity contribution in [3.8, 4) is 0 Å². The first kappa shape index (κ1) is 12.4. The van der Waals surface area contributed by atoms with Crippen molar-refractivity contribution >= 4 is 16.9 Å². The molecule has 0 bridgehead atoms. The molecular weight excluding hydrogens is 232 g/mol. The Balaban J connectivity index is 2.16. The van der Waals surface area contributed by atoms with Crippen LogP contribution in [0.25, 0.3) is 11.0 Å². The average Bonchev–Trinajstić information content (AvgIpc) is 2.37. The third-order valence-corrected chi connectivity index (χ3v) is 2.65. The summed E-state index contributed by atoms with van der Waals surface area (Å²) < 4.78 is 10.1. The highest BCUT2D eigenvalue weighted by molar-refractivity contribution is 5.77. The van der Waals surface area contributed by atoms with Gasteiger partial charge in [-0.25, -0.2) is 0 Å². The van der Waals surface area contributed by atoms with Crippen LogP contribution >= 0.6 is 0 Å². The Bertz CT molecular complexity index is 612. The van der Waals surface area contributed by atoms with Gasteiger partial charge in [-0.3, -0.25) is 9.59 Å². The molecule has 0 aliphatic heterocycles. The molecule has 4 nitrogen and oxygen atoms in total. The van der Waals surface area contributed by atoms with Gasteiger partial charge in [-0.1, -0.05) is 6.07 Å². The largest absolute Gasteiger partial charge is 0.466 e. The molecule has 18 heavy (non-hydrogen) atoms. The van der Waals surface area contributed by atoms with Gasteiger partial charge in [-0.05, 0) is 31.0 Å². The molecule has 94 valence electrons. The maximum absolute atomic E-state index is 11.5. The Morgan fingerprint density at radius 1 is 1.33 bits per heavy atom. The van der Waals surface area contributed by atoms with Gasteiger partial charge in [0, 0.05) is 12.5 Å². The van der Waals surface area contributed by atoms with Gasteiger partial charge in [-0.15, -0.1) is 0 Å². The number of benzene rings is 1. The molecule has 0 spiro atoms. The number of aryl methyl sites for hydroxylation is 1. The number of esters is 1. The summed E-state index contributed by atoms with van der Waals surface area (Å²) >= 11 is 0. The van der Waals surface area contributed by atoms with Crippen molar-refractivity contribution in [3.05, 3.63) is 46.3 Å². The first-order chi connectivity index (χ1) is 8.70. The van der Waals surface area contributed by atoms with E-state index in [9.17, 15) is 9.59 Å². The molecule has 0 saturated carbocycles. The molecule has 2 rings (SSSR count). The number of ether oxygens (including phenoxy) is 1. The molecule has 4 heteroatoms. The second kappa shape index (κ2) is 5.49. The number of carbonyl (C=O) groups is 1. The van der Waals surface area contributed by atoms with Gasteiger partial charge in [0.25, 0.3) is 0 Å². The molecule has 0 N–H and O–H groups in total. The minimum atomic E-state index is -0.216. The van der Waals surface area contributed by atoms with Gasteiger partial charge >= 0.3 is 5.97 Å². The van der Waals surface area contributed by atoms with Crippen molar-refractivity contribution < 1.29 is 13.9 Å². The second-order valence-corrected chi connectivity index (χ2v) is 3.92. The summed E-state index contributed by atoms with van der Waals surface area (Å²) in [5, 5.41) is 0.553. The minimum absolute atomic E-state index is 0.0619. The average molecular weight is 246 g/mol. The van der Waals surface area contributed by atoms with Gasteiger partial charge < -0.3 is 9.15 Å². The summed E-state index contributed by atoms with van der Waals surface area (Å²) in [6.07, 6.45) is 2.28. The zero-order valence-corrected chi connectivity index (χ0v) is 10.1. The van der Waals surface area contributed by atoms with Gasteiger partial charge in [0.2, 0.25) is 0 Å². The first-order valence-electron chi connectivity index (χ1n) is 5.87. The lowest BCUT2D eigenvalue weighted by Gasteiger charge is -2.03. The van der Waals surface area contributed by atoms with Crippen LogP contribution in [-0.2, 0) is 16.0 Å². The lowest BCUT2D eigenvalue weighted by molar-refractivity contribution is -0.143. The Morgan fingerprint density at radius 2 is 2.17 bits per heavy atom. The third kappa shape index (κ3) is 2.77. The molecule has 0 aliphatic rings. The van der Waals surface area contributed by atoms with E-state index in [0.29, 0.717) is 30.4 Å². The SMILES string of the molecule is CCOC(=O)CCc1ccc2c(=O)ccoc2c1. The fourth-order valence-electron chi connectivity index (χ4n) is 1.76. The lowest BCUT2D eigenvalue weighted by Crippen LogP contribution is -2.05. The minimum Gasteiger partial charge on any atom is -0.466 e. The van der Waals surface area contributed by atoms with Gasteiger partial charge in [-0.2, -0.15) is 0 Å². The van der Waals surface area contributed by atoms with Crippen LogP contribution in [0.5, 0.6) is 0 Å². The molecule has 2 aromatic rings. The molecule has 0 saturated heterocycles. The van der Waals surface area contributed by atoms with Crippen LogP contribution < -0.4 is 5.43 Å². The van der Waals surface area contributed by atoms with Crippen molar-refractivity contribution in [1.82, 2.24) is 0 Å². The summed E-state index contributed by atoms with van der Waals surface area (Å²) in [7, 11) is 0. The summed E-state index contributed by atoms with van der Waals surface area (Å²) in [4.78, 5) is 22.7. The maximum atomic E-state index is 11.5. The topological polar surface area (TPSA) is 56.5 Å². The van der Waals surface area contributed by atoms with Crippen LogP contribution in [0.1, 0.15) is 18.9 Å². The van der Waals surface area contributed by atoms with Crippen molar-refractivity contribution in [2.45, 2.75) is 19.8 Å². The van der Waals surface area contributed by atoms with Crippen LogP contribution in [-0.4, -0.2) is 12.6 Å². The number of fused-ring (bicyclic) bond motifs is 1. The van der Waals surface area contributed by atoms with E-state index in [1.807, 2.05) is 6.07 Å². The predicted octanol–water partition coefficient (Wildman–Crippen LogP) is 2.29. The number of hydrogen-bond donors (Lipinski definition) is 0. The molecule has 0 aliphatic carbocycles. The Morgan fingerprint density at radius 3 is 2.94 bits per heavy atom. The van der Waals surface area contributed by atoms with Crippen LogP contribution in [0.15, 0.2) is 39.7 Å². The van der Waals surface area contributed by atoms with Crippen molar-refractivity contribution in [1.29, 1.82) is 0 Å². The number of hydrogen-bond acceptors (Lipinski definition) is 4. The summed E-state index contributed by atoms with van der Waals surface area (Å²) in [5.74, 6) is -0.216. The highest BCUT2D eigenvalue weighted by Crippen LogP contribution is 2.14. The number of carbonyl (C=O) groups excluding carboxylic acids is 1. The molecule has 0 amide bonds. The molecule has 0 atom stereocenters. The van der Waals surface area contributed by atoms with Crippen molar-refractivity contribution in [2.24, 2.45) is 0 Å². The van der Waals surface area contributed by atoms with E-state index in [2.05, 4.69) is 0 Å². The molecule has 1 aromatic heterocycles. The van der Waals surface area contributed by atoms with E-state index in [1.165, 1.54) is 12.3 Å². The fraction of sp³-hybridized carbons (Fsp3) is 0.286. The van der Waals surface area contributed by atoms with E-state index in [-0.39, 0.29) is 11.4 Å². The Labute approximate surface area is 104 Å². The molecule has 1 aromatic carbocycles. The van der Waals surface area contributed by atoms with Gasteiger partial charge in [0.1, 0.15) is 5.58 Å². The molecule has 0 radical (unpaired) electrons. The Kier molecular flexibility index (Phi) is 3.77. The van der Waals surface area contributed by atoms with E-state index in [0.717, 1.165) is 5.56 Å². The maximum Gasteiger partial charge on any atom is 0.306 e. The molecule has 0 fully saturated rings. The summed E-state index contributed by atoms with van der Waals surface area (Å²) in [5.41, 5.74) is 1.43. The monoisotopic (exact) mass is 246 g/mol. The standard InChI is InChI=1S/C14H14O4/c1-2-17-14(16)6-4-10-3-5-11-12(15)7-8-18-13(11)9-10/h3,5,7-9H,2,4,6H2,1H3. The van der Waals surface area contributed by atoms with E-state index < -0.39 is 0 Å². The predicted molar refractivity (Wildman–Crippen MR) is 67.4 cm³/mol. The highest BCUT2D eigenvalue weighted by Gasteiger charge is 2.05. The quantitative estimate of drug-likeness (QED) is 0.777. The van der Waals surface area contributed by atoms with Gasteiger partial charge in [0.05, 0.1) is 18.3 Å². The van der Waals surface area contributed by atoms with Crippen LogP contribution in [0.3, 0.4) is 0 Å². The number of rotatable bonds is 4. The van der Waals surface area contributed by atoms with Crippen molar-refractivity contribution in [3.63, 3.8) is 0 Å². The highest BCUT2D eigenvalue weighted by atomic mass is 16.5. The zero-order chi connectivity index (χ0) is 13.0. The van der Waals surface area contributed by atoms with Crippen LogP contribution in [0, 0.1) is 0 Å². The molecule has 1 heterocycles. The molecular formula is C14H14O4. The fourth-order valence-corrected chi connectivity index (χ4v) is 1.76. The molecule has 0 unspecified atom stereocenters. The first-order valence-corrected chi connectivity index (χ1v) is 5.87. The third-order valence-electron chi connectivity index (χ3n) is 2.65. The summed E-state index contributed by atoms with van der Waals surface area (Å²) in [6.45, 7) is 2.17. The normalized spacial score (nSPS) is 10.5. The summed E-state index contributed by atoms with van der Waals surface area (Å²) in [6, 6.07) is 6.73. The lowest BCUT2D eigenvalue weighted by atomic mass is 10.1. The van der Waals surface area contributed by atoms with E-state index in [4.69, 9.17) is 9.15 Å². The van der Waals surface area contributed by atoms with Crippen molar-refractivity contribution in [2.75, 3.05) is 6.61 Å². The van der Waals surface area contributed by atoms with Crippen LogP contribution in [0.2, 0.25) is 0 Å². The Hall–Kier alpha value is -2.10. The van der Waals surface area contributed by atoms with Gasteiger partial charge in [0.15, 0.2) is 5.43 Å². The second-order valence-electron chi connectivity index (χ2n) is 3.92. The smallest absolute Gasteiger partial charge is 0.306 e. The van der Waals surface area contributed by atoms with Crippen LogP contribution in [0.4, 0.5) is 0 Å². The zero-order valence-electron chi connectivity index (χ0n) is 10.1. The van der Waals surface area contributed by atoms with E-state index >= 15 is 0 Å².